The maximum absolute atomic E-state index is 13.9. The zero-order valence-electron chi connectivity index (χ0n) is 9.31. The van der Waals surface area contributed by atoms with Gasteiger partial charge in [0.25, 0.3) is 0 Å². The van der Waals surface area contributed by atoms with Crippen LogP contribution in [0.3, 0.4) is 0 Å². The molecule has 0 bridgehead atoms. The van der Waals surface area contributed by atoms with Gasteiger partial charge in [-0.15, -0.1) is 0 Å². The molecule has 0 aromatic heterocycles. The summed E-state index contributed by atoms with van der Waals surface area (Å²) < 4.78 is 19.0. The molecule has 0 saturated heterocycles. The SMILES string of the molecule is COc1cccc(F)c1-c1cc(Cl)c(Cl)c(Cl)c1. The van der Waals surface area contributed by atoms with E-state index in [1.54, 1.807) is 24.3 Å². The summed E-state index contributed by atoms with van der Waals surface area (Å²) in [5, 5.41) is 0.784. The second-order valence-corrected chi connectivity index (χ2v) is 4.76. The first-order chi connectivity index (χ1) is 8.54. The van der Waals surface area contributed by atoms with Crippen molar-refractivity contribution in [1.82, 2.24) is 0 Å². The summed E-state index contributed by atoms with van der Waals surface area (Å²) in [6.07, 6.45) is 0. The Bertz CT molecular complexity index is 576. The Hall–Kier alpha value is -0.960. The molecule has 0 unspecified atom stereocenters. The molecule has 2 rings (SSSR count). The molecule has 0 radical (unpaired) electrons. The predicted molar refractivity (Wildman–Crippen MR) is 73.4 cm³/mol. The van der Waals surface area contributed by atoms with Gasteiger partial charge in [0, 0.05) is 0 Å². The molecule has 0 fully saturated rings. The largest absolute Gasteiger partial charge is 0.496 e. The van der Waals surface area contributed by atoms with Crippen molar-refractivity contribution in [3.8, 4) is 16.9 Å². The summed E-state index contributed by atoms with van der Waals surface area (Å²) in [5.74, 6) is -0.00624. The third-order valence-electron chi connectivity index (χ3n) is 2.47. The molecular weight excluding hydrogens is 297 g/mol. The van der Waals surface area contributed by atoms with E-state index in [0.29, 0.717) is 16.9 Å². The van der Waals surface area contributed by atoms with Gasteiger partial charge in [0.05, 0.1) is 27.7 Å². The number of hydrogen-bond donors (Lipinski definition) is 0. The normalized spacial score (nSPS) is 10.5. The van der Waals surface area contributed by atoms with E-state index in [4.69, 9.17) is 39.5 Å². The molecule has 2 aromatic carbocycles. The standard InChI is InChI=1S/C13H8Cl3FO/c1-18-11-4-2-3-10(17)12(11)7-5-8(14)13(16)9(15)6-7/h2-6H,1H3. The average Bonchev–Trinajstić information content (AvgIpc) is 2.35. The maximum atomic E-state index is 13.9. The van der Waals surface area contributed by atoms with E-state index in [9.17, 15) is 4.39 Å². The summed E-state index contributed by atoms with van der Waals surface area (Å²) >= 11 is 17.7. The molecule has 0 aliphatic rings. The highest BCUT2D eigenvalue weighted by Gasteiger charge is 2.14. The van der Waals surface area contributed by atoms with Gasteiger partial charge in [-0.25, -0.2) is 4.39 Å². The van der Waals surface area contributed by atoms with Gasteiger partial charge in [0.1, 0.15) is 11.6 Å². The first-order valence-corrected chi connectivity index (χ1v) is 6.15. The van der Waals surface area contributed by atoms with Gasteiger partial charge >= 0.3 is 0 Å². The molecular formula is C13H8Cl3FO. The zero-order valence-corrected chi connectivity index (χ0v) is 11.6. The Morgan fingerprint density at radius 2 is 1.67 bits per heavy atom. The minimum Gasteiger partial charge on any atom is -0.496 e. The topological polar surface area (TPSA) is 9.23 Å². The maximum Gasteiger partial charge on any atom is 0.134 e. The van der Waals surface area contributed by atoms with Crippen LogP contribution in [-0.2, 0) is 0 Å². The highest BCUT2D eigenvalue weighted by molar-refractivity contribution is 6.48. The van der Waals surface area contributed by atoms with Crippen molar-refractivity contribution in [2.24, 2.45) is 0 Å². The summed E-state index contributed by atoms with van der Waals surface area (Å²) in [6.45, 7) is 0. The first kappa shape index (κ1) is 13.5. The Kier molecular flexibility index (Phi) is 4.00. The number of rotatable bonds is 2. The van der Waals surface area contributed by atoms with Crippen molar-refractivity contribution >= 4 is 34.8 Å². The predicted octanol–water partition coefficient (Wildman–Crippen LogP) is 5.46. The van der Waals surface area contributed by atoms with Gasteiger partial charge in [-0.1, -0.05) is 40.9 Å². The van der Waals surface area contributed by atoms with E-state index >= 15 is 0 Å². The smallest absolute Gasteiger partial charge is 0.134 e. The van der Waals surface area contributed by atoms with Gasteiger partial charge in [-0.3, -0.25) is 0 Å². The lowest BCUT2D eigenvalue weighted by Crippen LogP contribution is -1.92. The molecule has 0 aliphatic heterocycles. The van der Waals surface area contributed by atoms with Crippen molar-refractivity contribution in [3.05, 3.63) is 51.2 Å². The van der Waals surface area contributed by atoms with Crippen LogP contribution in [0.1, 0.15) is 0 Å². The van der Waals surface area contributed by atoms with Crippen molar-refractivity contribution in [2.75, 3.05) is 7.11 Å². The Morgan fingerprint density at radius 3 is 2.22 bits per heavy atom. The van der Waals surface area contributed by atoms with Crippen molar-refractivity contribution in [1.29, 1.82) is 0 Å². The number of hydrogen-bond acceptors (Lipinski definition) is 1. The van der Waals surface area contributed by atoms with Crippen LogP contribution in [0.5, 0.6) is 5.75 Å². The third kappa shape index (κ3) is 2.41. The van der Waals surface area contributed by atoms with Crippen LogP contribution in [0.15, 0.2) is 30.3 Å². The first-order valence-electron chi connectivity index (χ1n) is 5.02. The summed E-state index contributed by atoms with van der Waals surface area (Å²) in [4.78, 5) is 0. The highest BCUT2D eigenvalue weighted by atomic mass is 35.5. The number of ether oxygens (including phenoxy) is 1. The van der Waals surface area contributed by atoms with Gasteiger partial charge in [-0.05, 0) is 29.8 Å². The molecule has 0 N–H and O–H groups in total. The zero-order chi connectivity index (χ0) is 13.3. The van der Waals surface area contributed by atoms with E-state index in [2.05, 4.69) is 0 Å². The molecule has 94 valence electrons. The van der Waals surface area contributed by atoms with Crippen LogP contribution in [0.2, 0.25) is 15.1 Å². The van der Waals surface area contributed by atoms with Crippen molar-refractivity contribution < 1.29 is 9.13 Å². The minimum atomic E-state index is -0.413. The average molecular weight is 306 g/mol. The molecule has 0 amide bonds. The molecule has 2 aromatic rings. The van der Waals surface area contributed by atoms with Crippen LogP contribution >= 0.6 is 34.8 Å². The van der Waals surface area contributed by atoms with E-state index in [1.165, 1.54) is 13.2 Å². The minimum absolute atomic E-state index is 0.248. The van der Waals surface area contributed by atoms with Gasteiger partial charge in [-0.2, -0.15) is 0 Å². The quantitative estimate of drug-likeness (QED) is 0.669. The Labute approximate surface area is 119 Å². The fourth-order valence-electron chi connectivity index (χ4n) is 1.65. The summed E-state index contributed by atoms with van der Waals surface area (Å²) in [5.41, 5.74) is 0.824. The third-order valence-corrected chi connectivity index (χ3v) is 3.66. The molecule has 5 heteroatoms. The van der Waals surface area contributed by atoms with Gasteiger partial charge in [0.2, 0.25) is 0 Å². The Balaban J connectivity index is 2.69. The highest BCUT2D eigenvalue weighted by Crippen LogP contribution is 2.39. The van der Waals surface area contributed by atoms with Gasteiger partial charge < -0.3 is 4.74 Å². The second kappa shape index (κ2) is 5.35. The molecule has 0 heterocycles. The lowest BCUT2D eigenvalue weighted by molar-refractivity contribution is 0.413. The lowest BCUT2D eigenvalue weighted by Gasteiger charge is -2.11. The number of benzene rings is 2. The van der Waals surface area contributed by atoms with Crippen molar-refractivity contribution in [3.63, 3.8) is 0 Å². The molecule has 0 spiro atoms. The lowest BCUT2D eigenvalue weighted by atomic mass is 10.0. The van der Waals surface area contributed by atoms with E-state index < -0.39 is 5.82 Å². The fourth-order valence-corrected chi connectivity index (χ4v) is 2.25. The molecule has 18 heavy (non-hydrogen) atoms. The van der Waals surface area contributed by atoms with Crippen LogP contribution in [-0.4, -0.2) is 7.11 Å². The Morgan fingerprint density at radius 1 is 1.06 bits per heavy atom. The van der Waals surface area contributed by atoms with Crippen LogP contribution in [0.25, 0.3) is 11.1 Å². The van der Waals surface area contributed by atoms with Crippen molar-refractivity contribution in [2.45, 2.75) is 0 Å². The van der Waals surface area contributed by atoms with Crippen LogP contribution in [0.4, 0.5) is 4.39 Å². The molecule has 0 saturated carbocycles. The number of halogens is 4. The molecule has 0 atom stereocenters. The van der Waals surface area contributed by atoms with Gasteiger partial charge in [0.15, 0.2) is 0 Å². The van der Waals surface area contributed by atoms with E-state index in [0.717, 1.165) is 0 Å². The number of methoxy groups -OCH3 is 1. The monoisotopic (exact) mass is 304 g/mol. The van der Waals surface area contributed by atoms with E-state index in [1.807, 2.05) is 0 Å². The fraction of sp³-hybridized carbons (Fsp3) is 0.0769. The summed E-state index contributed by atoms with van der Waals surface area (Å²) in [6, 6.07) is 7.67. The summed E-state index contributed by atoms with van der Waals surface area (Å²) in [7, 11) is 1.47. The van der Waals surface area contributed by atoms with Crippen LogP contribution < -0.4 is 4.74 Å². The van der Waals surface area contributed by atoms with Crippen LogP contribution in [0, 0.1) is 5.82 Å². The van der Waals surface area contributed by atoms with E-state index in [-0.39, 0.29) is 15.1 Å². The molecule has 0 aliphatic carbocycles. The second-order valence-electron chi connectivity index (χ2n) is 3.57. The molecule has 1 nitrogen and oxygen atoms in total.